The molecule has 3 heterocycles. The van der Waals surface area contributed by atoms with E-state index in [1.165, 1.54) is 17.8 Å². The normalized spacial score (nSPS) is 38.2. The molecule has 0 spiro atoms. The standard InChI is InChI=1S/C24H34ClFN2O6S/c1-11(25)16(22-19(30)18(29)20(31)24(34-22)35-2)28-23(32)17-21-13(10-27-17)9-12(7-8-33-21)14-5-3-4-6-15(14)26/h3-6,9,11,13,16-24,27-32H,7-8,10H2,1-2H3/t11-,13-,16+,17-,18?,19?,20+,21+,22+,23?,24?/m0/s1. The van der Waals surface area contributed by atoms with Gasteiger partial charge >= 0.3 is 0 Å². The van der Waals surface area contributed by atoms with E-state index in [2.05, 4.69) is 10.6 Å². The monoisotopic (exact) mass is 532 g/mol. The van der Waals surface area contributed by atoms with Crippen molar-refractivity contribution >= 4 is 28.9 Å². The number of benzene rings is 1. The minimum Gasteiger partial charge on any atom is -0.388 e. The predicted octanol–water partition coefficient (Wildman–Crippen LogP) is 0.660. The zero-order valence-electron chi connectivity index (χ0n) is 19.6. The summed E-state index contributed by atoms with van der Waals surface area (Å²) in [5, 5.41) is 48.0. The van der Waals surface area contributed by atoms with Crippen molar-refractivity contribution in [3.05, 3.63) is 41.7 Å². The quantitative estimate of drug-likeness (QED) is 0.222. The number of thioether (sulfide) groups is 1. The molecule has 8 nitrogen and oxygen atoms in total. The van der Waals surface area contributed by atoms with Gasteiger partial charge in [0.05, 0.1) is 24.8 Å². The smallest absolute Gasteiger partial charge is 0.132 e. The molecule has 0 saturated carbocycles. The van der Waals surface area contributed by atoms with Crippen LogP contribution in [0.3, 0.4) is 0 Å². The van der Waals surface area contributed by atoms with Gasteiger partial charge in [0.2, 0.25) is 0 Å². The Morgan fingerprint density at radius 3 is 2.63 bits per heavy atom. The maximum atomic E-state index is 14.4. The molecule has 0 aliphatic carbocycles. The van der Waals surface area contributed by atoms with Crippen LogP contribution < -0.4 is 10.6 Å². The van der Waals surface area contributed by atoms with Gasteiger partial charge < -0.3 is 35.2 Å². The van der Waals surface area contributed by atoms with Gasteiger partial charge in [-0.05, 0) is 31.2 Å². The molecular weight excluding hydrogens is 499 g/mol. The SMILES string of the molecule is CSC1O[C@H]([C@H](NC(O)[C@H]2NC[C@@H]3C=C(c4ccccc4F)CCO[C@@H]23)[C@H](C)Cl)C(O)C(O)[C@H]1O. The van der Waals surface area contributed by atoms with Gasteiger partial charge in [-0.1, -0.05) is 24.3 Å². The van der Waals surface area contributed by atoms with Gasteiger partial charge in [-0.2, -0.15) is 0 Å². The van der Waals surface area contributed by atoms with Crippen LogP contribution in [0.4, 0.5) is 4.39 Å². The molecule has 0 aromatic heterocycles. The van der Waals surface area contributed by atoms with E-state index in [9.17, 15) is 24.8 Å². The topological polar surface area (TPSA) is 123 Å². The average Bonchev–Trinajstić information content (AvgIpc) is 3.12. The van der Waals surface area contributed by atoms with Crippen LogP contribution in [0.5, 0.6) is 0 Å². The van der Waals surface area contributed by atoms with Gasteiger partial charge in [-0.25, -0.2) is 4.39 Å². The van der Waals surface area contributed by atoms with Gasteiger partial charge in [0.15, 0.2) is 0 Å². The second-order valence-corrected chi connectivity index (χ2v) is 11.0. The molecule has 0 amide bonds. The molecule has 35 heavy (non-hydrogen) atoms. The summed E-state index contributed by atoms with van der Waals surface area (Å²) in [6.45, 7) is 2.62. The predicted molar refractivity (Wildman–Crippen MR) is 132 cm³/mol. The van der Waals surface area contributed by atoms with Gasteiger partial charge in [-0.3, -0.25) is 5.32 Å². The van der Waals surface area contributed by atoms with E-state index in [0.29, 0.717) is 25.1 Å². The zero-order chi connectivity index (χ0) is 25.3. The number of rotatable bonds is 7. The van der Waals surface area contributed by atoms with Gasteiger partial charge in [0.25, 0.3) is 0 Å². The number of hydrogen-bond donors (Lipinski definition) is 6. The second-order valence-electron chi connectivity index (χ2n) is 9.35. The van der Waals surface area contributed by atoms with Crippen molar-refractivity contribution < 1.29 is 34.3 Å². The van der Waals surface area contributed by atoms with Crippen LogP contribution >= 0.6 is 23.4 Å². The van der Waals surface area contributed by atoms with Gasteiger partial charge in [0.1, 0.15) is 41.9 Å². The highest BCUT2D eigenvalue weighted by atomic mass is 35.5. The van der Waals surface area contributed by atoms with Crippen LogP contribution in [0, 0.1) is 11.7 Å². The highest BCUT2D eigenvalue weighted by Gasteiger charge is 2.49. The molecule has 3 aliphatic heterocycles. The van der Waals surface area contributed by atoms with Crippen LogP contribution in [0.25, 0.3) is 5.57 Å². The first kappa shape index (κ1) is 27.3. The minimum atomic E-state index is -1.41. The molecule has 4 rings (SSSR count). The lowest BCUT2D eigenvalue weighted by molar-refractivity contribution is -0.207. The Kier molecular flexibility index (Phi) is 9.13. The van der Waals surface area contributed by atoms with Crippen LogP contribution in [-0.2, 0) is 9.47 Å². The Labute approximate surface area is 213 Å². The molecule has 6 N–H and O–H groups in total. The fraction of sp³-hybridized carbons (Fsp3) is 0.667. The number of nitrogens with one attached hydrogen (secondary N) is 2. The number of fused-ring (bicyclic) bond motifs is 1. The minimum absolute atomic E-state index is 0.0743. The second kappa shape index (κ2) is 11.7. The molecule has 1 aromatic rings. The molecule has 11 heteroatoms. The molecule has 4 unspecified atom stereocenters. The van der Waals surface area contributed by atoms with Crippen LogP contribution in [0.2, 0.25) is 0 Å². The van der Waals surface area contributed by atoms with Crippen LogP contribution in [0.1, 0.15) is 18.9 Å². The van der Waals surface area contributed by atoms with Gasteiger partial charge in [0, 0.05) is 23.4 Å². The van der Waals surface area contributed by atoms with E-state index in [0.717, 1.165) is 5.57 Å². The third-order valence-electron chi connectivity index (χ3n) is 7.07. The Hall–Kier alpha value is -0.790. The van der Waals surface area contributed by atoms with Crippen molar-refractivity contribution in [2.24, 2.45) is 5.92 Å². The van der Waals surface area contributed by atoms with Crippen molar-refractivity contribution in [2.45, 2.75) is 73.0 Å². The summed E-state index contributed by atoms with van der Waals surface area (Å²) >= 11 is 7.63. The third kappa shape index (κ3) is 5.72. The number of aliphatic hydroxyl groups is 4. The number of hydrogen-bond acceptors (Lipinski definition) is 9. The van der Waals surface area contributed by atoms with E-state index in [1.54, 1.807) is 31.4 Å². The van der Waals surface area contributed by atoms with E-state index >= 15 is 0 Å². The highest BCUT2D eigenvalue weighted by molar-refractivity contribution is 7.99. The Morgan fingerprint density at radius 2 is 1.94 bits per heavy atom. The molecule has 1 aromatic carbocycles. The fourth-order valence-electron chi connectivity index (χ4n) is 5.19. The Bertz CT molecular complexity index is 895. The molecule has 0 radical (unpaired) electrons. The third-order valence-corrected chi connectivity index (χ3v) is 8.20. The summed E-state index contributed by atoms with van der Waals surface area (Å²) in [4.78, 5) is 0. The Balaban J connectivity index is 1.48. The van der Waals surface area contributed by atoms with E-state index < -0.39 is 53.5 Å². The summed E-state index contributed by atoms with van der Waals surface area (Å²) in [5.74, 6) is -0.350. The first-order valence-electron chi connectivity index (χ1n) is 11.8. The summed E-state index contributed by atoms with van der Waals surface area (Å²) in [5.41, 5.74) is 0.681. The number of aliphatic hydroxyl groups excluding tert-OH is 4. The fourth-order valence-corrected chi connectivity index (χ4v) is 6.09. The molecule has 2 fully saturated rings. The molecule has 196 valence electrons. The first-order valence-corrected chi connectivity index (χ1v) is 13.6. The summed E-state index contributed by atoms with van der Waals surface area (Å²) in [6.07, 6.45) is -2.20. The largest absolute Gasteiger partial charge is 0.388 e. The van der Waals surface area contributed by atoms with Crippen molar-refractivity contribution in [1.29, 1.82) is 0 Å². The van der Waals surface area contributed by atoms with Crippen LogP contribution in [0.15, 0.2) is 30.3 Å². The summed E-state index contributed by atoms with van der Waals surface area (Å²) < 4.78 is 26.3. The lowest BCUT2D eigenvalue weighted by atomic mass is 9.92. The van der Waals surface area contributed by atoms with Crippen LogP contribution in [-0.4, -0.2) is 99.5 Å². The molecule has 11 atom stereocenters. The highest BCUT2D eigenvalue weighted by Crippen LogP contribution is 2.33. The zero-order valence-corrected chi connectivity index (χ0v) is 21.2. The summed E-state index contributed by atoms with van der Waals surface area (Å²) in [7, 11) is 0. The van der Waals surface area contributed by atoms with Gasteiger partial charge in [-0.15, -0.1) is 23.4 Å². The average molecular weight is 533 g/mol. The van der Waals surface area contributed by atoms with Crippen molar-refractivity contribution in [3.63, 3.8) is 0 Å². The molecule has 2 saturated heterocycles. The lowest BCUT2D eigenvalue weighted by Crippen LogP contribution is -2.66. The number of halogens is 2. The maximum absolute atomic E-state index is 14.4. The lowest BCUT2D eigenvalue weighted by Gasteiger charge is -2.44. The molecule has 3 aliphatic rings. The van der Waals surface area contributed by atoms with Crippen molar-refractivity contribution in [3.8, 4) is 0 Å². The summed E-state index contributed by atoms with van der Waals surface area (Å²) in [6, 6.07) is 5.42. The number of alkyl halides is 1. The van der Waals surface area contributed by atoms with Crippen molar-refractivity contribution in [1.82, 2.24) is 10.6 Å². The molecule has 0 bridgehead atoms. The first-order chi connectivity index (χ1) is 16.7. The van der Waals surface area contributed by atoms with E-state index in [1.807, 2.05) is 6.08 Å². The van der Waals surface area contributed by atoms with E-state index in [-0.39, 0.29) is 17.8 Å². The number of ether oxygens (including phenoxy) is 2. The molecular formula is C24H34ClFN2O6S. The van der Waals surface area contributed by atoms with E-state index in [4.69, 9.17) is 21.1 Å². The van der Waals surface area contributed by atoms with Crippen molar-refractivity contribution in [2.75, 3.05) is 19.4 Å². The Morgan fingerprint density at radius 1 is 1.20 bits per heavy atom. The maximum Gasteiger partial charge on any atom is 0.132 e.